The number of nitrogens with zero attached hydrogens (tertiary/aromatic N) is 4. The van der Waals surface area contributed by atoms with Crippen molar-refractivity contribution in [3.63, 3.8) is 0 Å². The molecule has 2 aliphatic carbocycles. The summed E-state index contributed by atoms with van der Waals surface area (Å²) in [5, 5.41) is 39.6. The van der Waals surface area contributed by atoms with Gasteiger partial charge in [-0.1, -0.05) is 71.8 Å². The Morgan fingerprint density at radius 1 is 0.879 bits per heavy atom. The van der Waals surface area contributed by atoms with Gasteiger partial charge >= 0.3 is 7.12 Å². The van der Waals surface area contributed by atoms with Crippen LogP contribution in [-0.4, -0.2) is 55.7 Å². The van der Waals surface area contributed by atoms with Gasteiger partial charge in [-0.05, 0) is 84.7 Å². The van der Waals surface area contributed by atoms with Crippen LogP contribution in [0, 0.1) is 36.0 Å². The molecule has 0 radical (unpaired) electrons. The second-order valence-corrected chi connectivity index (χ2v) is 17.6. The zero-order valence-corrected chi connectivity index (χ0v) is 33.2. The maximum Gasteiger partial charge on any atom is 0.488 e. The van der Waals surface area contributed by atoms with E-state index in [1.807, 2.05) is 61.5 Å². The van der Waals surface area contributed by atoms with Crippen molar-refractivity contribution in [3.05, 3.63) is 113 Å². The van der Waals surface area contributed by atoms with Crippen molar-refractivity contribution in [2.75, 3.05) is 9.80 Å². The minimum atomic E-state index is -1.80. The molecule has 3 fully saturated rings. The number of halogens is 1. The third-order valence-electron chi connectivity index (χ3n) is 13.2. The molecule has 6 atom stereocenters. The molecule has 4 aliphatic rings. The van der Waals surface area contributed by atoms with Crippen molar-refractivity contribution < 1.29 is 34.3 Å². The van der Waals surface area contributed by atoms with E-state index in [4.69, 9.17) is 16.7 Å². The van der Waals surface area contributed by atoms with Crippen LogP contribution in [0.5, 0.6) is 5.75 Å². The minimum Gasteiger partial charge on any atom is -0.507 e. The van der Waals surface area contributed by atoms with E-state index < -0.39 is 65.8 Å². The SMILES string of the molecule is Cc1c(-c2cc(N3C(=O)[C@@H]4C[C@@H]5C(=CC[C@@H]6C(=O)N(c7cccc(B(O)O)c7)C(=O)[C@@H]65)[C@H](c5ccc6ccccc6c5O)[C@]4(C)C3=O)n(C)n2)sc2ccc(Cl)cc12. The van der Waals surface area contributed by atoms with Crippen LogP contribution in [0.25, 0.3) is 31.4 Å². The molecule has 0 unspecified atom stereocenters. The number of carbonyl (C=O) groups is 4. The first-order valence-electron chi connectivity index (χ1n) is 19.2. The van der Waals surface area contributed by atoms with Crippen molar-refractivity contribution >= 4 is 91.5 Å². The molecule has 6 aromatic rings. The molecule has 4 aromatic carbocycles. The number of hydrogen-bond acceptors (Lipinski definition) is 9. The number of aromatic hydroxyl groups is 1. The predicted molar refractivity (Wildman–Crippen MR) is 223 cm³/mol. The van der Waals surface area contributed by atoms with E-state index >= 15 is 9.59 Å². The molecule has 0 bridgehead atoms. The topological polar surface area (TPSA) is 153 Å². The molecule has 4 amide bonds. The fraction of sp³-hybridized carbons (Fsp3) is 0.250. The van der Waals surface area contributed by atoms with E-state index in [1.165, 1.54) is 17.0 Å². The summed E-state index contributed by atoms with van der Waals surface area (Å²) < 4.78 is 2.57. The van der Waals surface area contributed by atoms with Gasteiger partial charge in [0.05, 0.1) is 33.7 Å². The summed E-state index contributed by atoms with van der Waals surface area (Å²) >= 11 is 7.88. The summed E-state index contributed by atoms with van der Waals surface area (Å²) in [5.74, 6) is -5.40. The molecular weight excluding hydrogens is 775 g/mol. The Morgan fingerprint density at radius 3 is 2.47 bits per heavy atom. The van der Waals surface area contributed by atoms with Gasteiger partial charge in [0.2, 0.25) is 23.6 Å². The summed E-state index contributed by atoms with van der Waals surface area (Å²) in [4.78, 5) is 62.3. The Morgan fingerprint density at radius 2 is 1.67 bits per heavy atom. The molecule has 2 saturated heterocycles. The van der Waals surface area contributed by atoms with Gasteiger partial charge in [-0.3, -0.25) is 28.8 Å². The van der Waals surface area contributed by atoms with E-state index in [0.29, 0.717) is 27.5 Å². The number of benzene rings is 4. The molecule has 1 saturated carbocycles. The monoisotopic (exact) mass is 810 g/mol. The average Bonchev–Trinajstić information content (AvgIpc) is 3.88. The van der Waals surface area contributed by atoms with Crippen molar-refractivity contribution in [3.8, 4) is 16.3 Å². The maximum absolute atomic E-state index is 15.3. The standard InChI is InChI=1S/C44H36BClN4O7S/c1-21-30-18-24(46)12-16-34(30)58-39(21)33-20-35(48(3)47-33)50-41(53)32-19-31-27(37(44(32,2)43(50)55)29-13-11-22-7-4-5-10-26(22)38(29)51)14-15-28-36(31)42(54)49(40(28)52)25-9-6-8-23(17-25)45(56)57/h4-14,16-18,20,28,31-32,36-37,51,56-57H,15,19H2,1-3H3/t28-,31+,32-,36-,37+,44+/m0/s1. The molecule has 0 spiro atoms. The maximum atomic E-state index is 15.3. The molecule has 2 aromatic heterocycles. The number of anilines is 2. The number of thiophene rings is 1. The summed E-state index contributed by atoms with van der Waals surface area (Å²) in [7, 11) is -0.0996. The van der Waals surface area contributed by atoms with E-state index in [2.05, 4.69) is 0 Å². The van der Waals surface area contributed by atoms with Gasteiger partial charge in [0.1, 0.15) is 17.3 Å². The molecule has 290 valence electrons. The number of aromatic nitrogens is 2. The summed E-state index contributed by atoms with van der Waals surface area (Å²) in [5.41, 5.74) is 1.75. The quantitative estimate of drug-likeness (QED) is 0.105. The van der Waals surface area contributed by atoms with Crippen molar-refractivity contribution in [1.82, 2.24) is 9.78 Å². The normalized spacial score (nSPS) is 25.4. The van der Waals surface area contributed by atoms with Gasteiger partial charge in [-0.25, -0.2) is 4.90 Å². The molecule has 58 heavy (non-hydrogen) atoms. The largest absolute Gasteiger partial charge is 0.507 e. The highest BCUT2D eigenvalue weighted by molar-refractivity contribution is 7.22. The van der Waals surface area contributed by atoms with Crippen LogP contribution in [0.2, 0.25) is 5.02 Å². The van der Waals surface area contributed by atoms with Gasteiger partial charge in [0.15, 0.2) is 0 Å². The van der Waals surface area contributed by atoms with Gasteiger partial charge in [0, 0.05) is 39.7 Å². The number of phenols is 1. The number of aryl methyl sites for hydroxylation is 2. The third-order valence-corrected chi connectivity index (χ3v) is 14.7. The van der Waals surface area contributed by atoms with Crippen molar-refractivity contribution in [1.29, 1.82) is 0 Å². The van der Waals surface area contributed by atoms with Crippen LogP contribution in [0.3, 0.4) is 0 Å². The van der Waals surface area contributed by atoms with Gasteiger partial charge in [-0.15, -0.1) is 11.3 Å². The minimum absolute atomic E-state index is 0.0107. The second kappa shape index (κ2) is 13.0. The Labute approximate surface area is 341 Å². The Hall–Kier alpha value is -5.60. The molecule has 11 nitrogen and oxygen atoms in total. The number of phenolic OH excluding ortho intramolecular Hbond substituents is 1. The summed E-state index contributed by atoms with van der Waals surface area (Å²) in [6.45, 7) is 3.78. The number of carbonyl (C=O) groups excluding carboxylic acids is 4. The number of amides is 4. The number of imide groups is 2. The van der Waals surface area contributed by atoms with E-state index in [0.717, 1.165) is 36.4 Å². The van der Waals surface area contributed by atoms with Crippen LogP contribution in [-0.2, 0) is 26.2 Å². The van der Waals surface area contributed by atoms with E-state index in [9.17, 15) is 24.7 Å². The van der Waals surface area contributed by atoms with Gasteiger partial charge < -0.3 is 15.2 Å². The third kappa shape index (κ3) is 5.03. The Bertz CT molecular complexity index is 2850. The lowest BCUT2D eigenvalue weighted by Crippen LogP contribution is -2.49. The molecule has 2 aliphatic heterocycles. The highest BCUT2D eigenvalue weighted by atomic mass is 35.5. The zero-order valence-electron chi connectivity index (χ0n) is 31.6. The lowest BCUT2D eigenvalue weighted by Gasteiger charge is -2.49. The predicted octanol–water partition coefficient (Wildman–Crippen LogP) is 6.24. The highest BCUT2D eigenvalue weighted by Crippen LogP contribution is 2.65. The van der Waals surface area contributed by atoms with Crippen molar-refractivity contribution in [2.45, 2.75) is 32.6 Å². The number of hydrogen-bond donors (Lipinski definition) is 3. The van der Waals surface area contributed by atoms with Crippen LogP contribution >= 0.6 is 22.9 Å². The average molecular weight is 811 g/mol. The van der Waals surface area contributed by atoms with E-state index in [-0.39, 0.29) is 29.7 Å². The van der Waals surface area contributed by atoms with Crippen molar-refractivity contribution in [2.24, 2.45) is 36.1 Å². The molecule has 10 rings (SSSR count). The van der Waals surface area contributed by atoms with E-state index in [1.54, 1.807) is 54.3 Å². The zero-order chi connectivity index (χ0) is 40.5. The summed E-state index contributed by atoms with van der Waals surface area (Å²) in [6.07, 6.45) is 2.27. The smallest absolute Gasteiger partial charge is 0.488 e. The summed E-state index contributed by atoms with van der Waals surface area (Å²) in [6, 6.07) is 24.6. The fourth-order valence-corrected chi connectivity index (χ4v) is 11.7. The lowest BCUT2D eigenvalue weighted by molar-refractivity contribution is -0.131. The van der Waals surface area contributed by atoms with Gasteiger partial charge in [0.25, 0.3) is 0 Å². The fourth-order valence-electron chi connectivity index (χ4n) is 10.4. The van der Waals surface area contributed by atoms with Crippen LogP contribution < -0.4 is 15.3 Å². The van der Waals surface area contributed by atoms with Crippen LogP contribution in [0.1, 0.15) is 36.8 Å². The molecule has 14 heteroatoms. The first-order valence-corrected chi connectivity index (χ1v) is 20.3. The Kier molecular flexibility index (Phi) is 8.20. The lowest BCUT2D eigenvalue weighted by atomic mass is 9.51. The van der Waals surface area contributed by atoms with Crippen LogP contribution in [0.15, 0.2) is 96.6 Å². The molecule has 3 N–H and O–H groups in total. The highest BCUT2D eigenvalue weighted by Gasteiger charge is 2.68. The second-order valence-electron chi connectivity index (χ2n) is 16.1. The number of fused-ring (bicyclic) bond motifs is 6. The molecule has 4 heterocycles. The first-order chi connectivity index (χ1) is 27.8. The van der Waals surface area contributed by atoms with Gasteiger partial charge in [-0.2, -0.15) is 5.10 Å². The first kappa shape index (κ1) is 36.7. The number of rotatable bonds is 5. The van der Waals surface area contributed by atoms with Crippen LogP contribution in [0.4, 0.5) is 11.5 Å². The Balaban J connectivity index is 1.10. The molecular formula is C44H36BClN4O7S. The number of allylic oxidation sites excluding steroid dienone is 2.